The molecular formula is C15H21N. The first kappa shape index (κ1) is 11.3. The molecule has 0 unspecified atom stereocenters. The van der Waals surface area contributed by atoms with Crippen LogP contribution in [0.3, 0.4) is 0 Å². The molecule has 0 radical (unpaired) electrons. The van der Waals surface area contributed by atoms with Gasteiger partial charge in [-0.05, 0) is 30.5 Å². The third kappa shape index (κ3) is 3.13. The lowest BCUT2D eigenvalue weighted by atomic mass is 10.0. The summed E-state index contributed by atoms with van der Waals surface area (Å²) in [6.45, 7) is 2.10. The van der Waals surface area contributed by atoms with Crippen molar-refractivity contribution in [1.82, 2.24) is 4.98 Å². The van der Waals surface area contributed by atoms with Gasteiger partial charge in [0.25, 0.3) is 0 Å². The van der Waals surface area contributed by atoms with Gasteiger partial charge < -0.3 is 4.98 Å². The average molecular weight is 215 g/mol. The molecule has 1 aliphatic carbocycles. The van der Waals surface area contributed by atoms with E-state index in [4.69, 9.17) is 0 Å². The van der Waals surface area contributed by atoms with E-state index in [-0.39, 0.29) is 0 Å². The summed E-state index contributed by atoms with van der Waals surface area (Å²) < 4.78 is 0. The van der Waals surface area contributed by atoms with Crippen molar-refractivity contribution in [3.8, 4) is 0 Å². The van der Waals surface area contributed by atoms with E-state index in [0.29, 0.717) is 0 Å². The molecule has 1 heteroatoms. The van der Waals surface area contributed by atoms with Gasteiger partial charge in [-0.25, -0.2) is 0 Å². The molecule has 1 N–H and O–H groups in total. The van der Waals surface area contributed by atoms with Gasteiger partial charge in [-0.15, -0.1) is 0 Å². The second-order valence-corrected chi connectivity index (χ2v) is 4.69. The Labute approximate surface area is 97.9 Å². The van der Waals surface area contributed by atoms with Gasteiger partial charge in [0, 0.05) is 11.7 Å². The zero-order valence-electron chi connectivity index (χ0n) is 10.1. The normalized spacial score (nSPS) is 15.6. The monoisotopic (exact) mass is 215 g/mol. The summed E-state index contributed by atoms with van der Waals surface area (Å²) in [5.41, 5.74) is 2.53. The van der Waals surface area contributed by atoms with E-state index >= 15 is 0 Å². The number of H-pyrrole nitrogens is 1. The van der Waals surface area contributed by atoms with Gasteiger partial charge in [-0.2, -0.15) is 0 Å². The molecule has 3 rings (SSSR count). The fourth-order valence-corrected chi connectivity index (χ4v) is 2.23. The molecule has 1 saturated carbocycles. The van der Waals surface area contributed by atoms with Gasteiger partial charge in [-0.1, -0.05) is 50.2 Å². The molecule has 1 aromatic carbocycles. The molecule has 1 nitrogen and oxygen atoms in total. The minimum absolute atomic E-state index is 1.21. The molecular weight excluding hydrogens is 194 g/mol. The standard InChI is InChI=1S/C9H9N.C6H12/c1-7-2-3-9-8(6-7)4-5-10-9;1-2-4-6-5-3-1/h2-6,10H,1H3;1-6H2. The molecule has 1 aromatic heterocycles. The molecule has 0 atom stereocenters. The topological polar surface area (TPSA) is 15.8 Å². The van der Waals surface area contributed by atoms with Crippen molar-refractivity contribution in [3.63, 3.8) is 0 Å². The third-order valence-corrected chi connectivity index (χ3v) is 3.21. The highest BCUT2D eigenvalue weighted by molar-refractivity contribution is 5.79. The first-order valence-electron chi connectivity index (χ1n) is 6.40. The Kier molecular flexibility index (Phi) is 4.03. The highest BCUT2D eigenvalue weighted by Gasteiger charge is 1.95. The van der Waals surface area contributed by atoms with Crippen LogP contribution in [0, 0.1) is 6.92 Å². The quantitative estimate of drug-likeness (QED) is 0.648. The minimum atomic E-state index is 1.21. The fraction of sp³-hybridized carbons (Fsp3) is 0.467. The molecule has 0 aliphatic heterocycles. The smallest absolute Gasteiger partial charge is 0.0454 e. The minimum Gasteiger partial charge on any atom is -0.361 e. The largest absolute Gasteiger partial charge is 0.361 e. The number of aromatic amines is 1. The fourth-order valence-electron chi connectivity index (χ4n) is 2.23. The van der Waals surface area contributed by atoms with Gasteiger partial charge in [0.2, 0.25) is 0 Å². The second kappa shape index (κ2) is 5.74. The van der Waals surface area contributed by atoms with E-state index in [2.05, 4.69) is 36.2 Å². The number of benzene rings is 1. The van der Waals surface area contributed by atoms with E-state index in [1.165, 1.54) is 55.0 Å². The lowest BCUT2D eigenvalue weighted by molar-refractivity contribution is 0.504. The van der Waals surface area contributed by atoms with Gasteiger partial charge in [0.15, 0.2) is 0 Å². The van der Waals surface area contributed by atoms with E-state index in [9.17, 15) is 0 Å². The Balaban J connectivity index is 0.000000138. The van der Waals surface area contributed by atoms with Crippen molar-refractivity contribution in [1.29, 1.82) is 0 Å². The average Bonchev–Trinajstić information content (AvgIpc) is 2.79. The van der Waals surface area contributed by atoms with Gasteiger partial charge >= 0.3 is 0 Å². The molecule has 0 bridgehead atoms. The summed E-state index contributed by atoms with van der Waals surface area (Å²) in [5, 5.41) is 1.29. The van der Waals surface area contributed by atoms with Crippen LogP contribution in [0.4, 0.5) is 0 Å². The summed E-state index contributed by atoms with van der Waals surface area (Å²) in [5.74, 6) is 0. The molecule has 86 valence electrons. The lowest BCUT2D eigenvalue weighted by Gasteiger charge is -2.05. The number of hydrogen-bond acceptors (Lipinski definition) is 0. The number of rotatable bonds is 0. The molecule has 1 heterocycles. The van der Waals surface area contributed by atoms with Crippen LogP contribution in [0.2, 0.25) is 0 Å². The zero-order chi connectivity index (χ0) is 11.2. The van der Waals surface area contributed by atoms with Gasteiger partial charge in [-0.3, -0.25) is 0 Å². The van der Waals surface area contributed by atoms with Crippen molar-refractivity contribution >= 4 is 10.9 Å². The first-order chi connectivity index (χ1) is 7.86. The van der Waals surface area contributed by atoms with Crippen molar-refractivity contribution in [2.75, 3.05) is 0 Å². The maximum absolute atomic E-state index is 3.15. The number of hydrogen-bond donors (Lipinski definition) is 1. The third-order valence-electron chi connectivity index (χ3n) is 3.21. The van der Waals surface area contributed by atoms with Crippen LogP contribution in [0.1, 0.15) is 44.1 Å². The Bertz CT molecular complexity index is 412. The summed E-state index contributed by atoms with van der Waals surface area (Å²) >= 11 is 0. The van der Waals surface area contributed by atoms with E-state index in [0.717, 1.165) is 0 Å². The van der Waals surface area contributed by atoms with Gasteiger partial charge in [0.1, 0.15) is 0 Å². The molecule has 0 saturated heterocycles. The molecule has 0 amide bonds. The summed E-state index contributed by atoms with van der Waals surface area (Å²) in [6.07, 6.45) is 11.0. The molecule has 2 aromatic rings. The lowest BCUT2D eigenvalue weighted by Crippen LogP contribution is -1.85. The number of aromatic nitrogens is 1. The summed E-state index contributed by atoms with van der Waals surface area (Å²) in [4.78, 5) is 3.15. The Morgan fingerprint density at radius 1 is 0.875 bits per heavy atom. The van der Waals surface area contributed by atoms with Crippen molar-refractivity contribution in [2.24, 2.45) is 0 Å². The van der Waals surface area contributed by atoms with Crippen LogP contribution in [-0.4, -0.2) is 4.98 Å². The molecule has 1 fully saturated rings. The van der Waals surface area contributed by atoms with E-state index < -0.39 is 0 Å². The van der Waals surface area contributed by atoms with Crippen LogP contribution in [0.25, 0.3) is 10.9 Å². The predicted octanol–water partition coefficient (Wildman–Crippen LogP) is 4.82. The second-order valence-electron chi connectivity index (χ2n) is 4.69. The Morgan fingerprint density at radius 2 is 1.50 bits per heavy atom. The van der Waals surface area contributed by atoms with Crippen LogP contribution in [-0.2, 0) is 0 Å². The van der Waals surface area contributed by atoms with E-state index in [1.54, 1.807) is 0 Å². The summed E-state index contributed by atoms with van der Waals surface area (Å²) in [6, 6.07) is 8.47. The Morgan fingerprint density at radius 3 is 2.12 bits per heavy atom. The van der Waals surface area contributed by atoms with Crippen LogP contribution >= 0.6 is 0 Å². The molecule has 16 heavy (non-hydrogen) atoms. The van der Waals surface area contributed by atoms with Crippen LogP contribution in [0.5, 0.6) is 0 Å². The van der Waals surface area contributed by atoms with Crippen molar-refractivity contribution in [2.45, 2.75) is 45.4 Å². The number of nitrogens with one attached hydrogen (secondary N) is 1. The number of fused-ring (bicyclic) bond motifs is 1. The maximum Gasteiger partial charge on any atom is 0.0454 e. The highest BCUT2D eigenvalue weighted by Crippen LogP contribution is 2.15. The van der Waals surface area contributed by atoms with Crippen molar-refractivity contribution < 1.29 is 0 Å². The predicted molar refractivity (Wildman–Crippen MR) is 70.7 cm³/mol. The van der Waals surface area contributed by atoms with E-state index in [1.807, 2.05) is 6.20 Å². The maximum atomic E-state index is 3.15. The van der Waals surface area contributed by atoms with Crippen LogP contribution < -0.4 is 0 Å². The zero-order valence-corrected chi connectivity index (χ0v) is 10.1. The molecule has 0 spiro atoms. The molecule has 1 aliphatic rings. The van der Waals surface area contributed by atoms with Crippen LogP contribution in [0.15, 0.2) is 30.5 Å². The van der Waals surface area contributed by atoms with Gasteiger partial charge in [0.05, 0.1) is 0 Å². The first-order valence-corrected chi connectivity index (χ1v) is 6.40. The summed E-state index contributed by atoms with van der Waals surface area (Å²) in [7, 11) is 0. The highest BCUT2D eigenvalue weighted by atomic mass is 14.7. The Hall–Kier alpha value is -1.24. The number of aryl methyl sites for hydroxylation is 1. The van der Waals surface area contributed by atoms with Crippen molar-refractivity contribution in [3.05, 3.63) is 36.0 Å². The SMILES string of the molecule is C1CCCCC1.Cc1ccc2[nH]ccc2c1.